The Bertz CT molecular complexity index is 514. The Labute approximate surface area is 96.2 Å². The maximum Gasteiger partial charge on any atom is 0.0734 e. The Morgan fingerprint density at radius 1 is 1.06 bits per heavy atom. The maximum absolute atomic E-state index is 4.62. The van der Waals surface area contributed by atoms with Gasteiger partial charge in [0.2, 0.25) is 0 Å². The van der Waals surface area contributed by atoms with Crippen LogP contribution in [0.25, 0.3) is 11.3 Å². The number of nitrogens with zero attached hydrogens (tertiary/aromatic N) is 1. The first-order valence-electron chi connectivity index (χ1n) is 5.89. The third kappa shape index (κ3) is 1.44. The van der Waals surface area contributed by atoms with E-state index >= 15 is 0 Å². The molecule has 1 aromatic carbocycles. The average molecular weight is 209 g/mol. The molecule has 0 unspecified atom stereocenters. The molecule has 0 saturated carbocycles. The van der Waals surface area contributed by atoms with Crippen molar-refractivity contribution in [1.29, 1.82) is 0 Å². The van der Waals surface area contributed by atoms with E-state index < -0.39 is 0 Å². The summed E-state index contributed by atoms with van der Waals surface area (Å²) in [7, 11) is 0. The maximum atomic E-state index is 4.62. The third-order valence-electron chi connectivity index (χ3n) is 3.47. The molecule has 0 amide bonds. The Balaban J connectivity index is 2.16. The van der Waals surface area contributed by atoms with Gasteiger partial charge in [0.25, 0.3) is 0 Å². The third-order valence-corrected chi connectivity index (χ3v) is 3.47. The number of benzene rings is 1. The molecular formula is C15H15N. The highest BCUT2D eigenvalue weighted by atomic mass is 14.7. The molecule has 0 bridgehead atoms. The highest BCUT2D eigenvalue weighted by Gasteiger charge is 2.16. The number of fused-ring (bicyclic) bond motifs is 1. The van der Waals surface area contributed by atoms with Crippen LogP contribution in [-0.2, 0) is 12.8 Å². The van der Waals surface area contributed by atoms with Gasteiger partial charge in [-0.1, -0.05) is 30.3 Å². The lowest BCUT2D eigenvalue weighted by molar-refractivity contribution is 0.909. The number of hydrogen-bond donors (Lipinski definition) is 0. The van der Waals surface area contributed by atoms with E-state index in [1.54, 1.807) is 0 Å². The molecule has 80 valence electrons. The topological polar surface area (TPSA) is 12.9 Å². The lowest BCUT2D eigenvalue weighted by Crippen LogP contribution is -1.95. The second-order valence-electron chi connectivity index (χ2n) is 4.46. The molecule has 16 heavy (non-hydrogen) atoms. The Morgan fingerprint density at radius 3 is 2.69 bits per heavy atom. The molecule has 1 aliphatic carbocycles. The van der Waals surface area contributed by atoms with Gasteiger partial charge in [0, 0.05) is 11.8 Å². The van der Waals surface area contributed by atoms with Crippen molar-refractivity contribution in [3.63, 3.8) is 0 Å². The number of rotatable bonds is 1. The molecule has 0 fully saturated rings. The normalized spacial score (nSPS) is 13.8. The zero-order valence-corrected chi connectivity index (χ0v) is 9.53. The van der Waals surface area contributed by atoms with Gasteiger partial charge < -0.3 is 0 Å². The molecule has 1 aliphatic rings. The molecule has 0 N–H and O–H groups in total. The van der Waals surface area contributed by atoms with E-state index in [0.717, 1.165) is 5.69 Å². The van der Waals surface area contributed by atoms with Crippen molar-refractivity contribution < 1.29 is 0 Å². The van der Waals surface area contributed by atoms with Crippen LogP contribution in [0.5, 0.6) is 0 Å². The number of hydrogen-bond acceptors (Lipinski definition) is 1. The highest BCUT2D eigenvalue weighted by Crippen LogP contribution is 2.30. The van der Waals surface area contributed by atoms with Crippen molar-refractivity contribution >= 4 is 0 Å². The molecule has 2 aromatic rings. The second-order valence-corrected chi connectivity index (χ2v) is 4.46. The van der Waals surface area contributed by atoms with Gasteiger partial charge in [0.1, 0.15) is 0 Å². The molecule has 0 saturated heterocycles. The molecule has 1 aromatic heterocycles. The standard InChI is InChI=1S/C15H15N/c1-11-14-9-5-8-13(14)10-16-15(11)12-6-3-2-4-7-12/h2-4,6-7,10H,5,8-9H2,1H3. The smallest absolute Gasteiger partial charge is 0.0734 e. The van der Waals surface area contributed by atoms with E-state index in [-0.39, 0.29) is 0 Å². The summed E-state index contributed by atoms with van der Waals surface area (Å²) in [6.45, 7) is 2.21. The van der Waals surface area contributed by atoms with Crippen LogP contribution in [0.3, 0.4) is 0 Å². The quantitative estimate of drug-likeness (QED) is 0.700. The molecular weight excluding hydrogens is 194 g/mol. The summed E-state index contributed by atoms with van der Waals surface area (Å²) in [4.78, 5) is 4.62. The van der Waals surface area contributed by atoms with Gasteiger partial charge in [-0.2, -0.15) is 0 Å². The molecule has 1 heteroatoms. The van der Waals surface area contributed by atoms with E-state index in [1.807, 2.05) is 6.07 Å². The summed E-state index contributed by atoms with van der Waals surface area (Å²) in [5.41, 5.74) is 6.75. The van der Waals surface area contributed by atoms with Crippen molar-refractivity contribution in [1.82, 2.24) is 4.98 Å². The van der Waals surface area contributed by atoms with Gasteiger partial charge in [-0.3, -0.25) is 4.98 Å². The van der Waals surface area contributed by atoms with E-state index in [4.69, 9.17) is 0 Å². The van der Waals surface area contributed by atoms with Crippen LogP contribution in [0.1, 0.15) is 23.1 Å². The average Bonchev–Trinajstić information content (AvgIpc) is 2.80. The molecule has 1 nitrogen and oxygen atoms in total. The van der Waals surface area contributed by atoms with Gasteiger partial charge in [-0.25, -0.2) is 0 Å². The fraction of sp³-hybridized carbons (Fsp3) is 0.267. The second kappa shape index (κ2) is 3.75. The van der Waals surface area contributed by atoms with Gasteiger partial charge in [-0.15, -0.1) is 0 Å². The first kappa shape index (κ1) is 9.59. The van der Waals surface area contributed by atoms with Crippen LogP contribution < -0.4 is 0 Å². The Morgan fingerprint density at radius 2 is 1.88 bits per heavy atom. The molecule has 0 spiro atoms. The van der Waals surface area contributed by atoms with Crippen LogP contribution >= 0.6 is 0 Å². The Hall–Kier alpha value is -1.63. The summed E-state index contributed by atoms with van der Waals surface area (Å²) in [5, 5.41) is 0. The van der Waals surface area contributed by atoms with Gasteiger partial charge in [0.15, 0.2) is 0 Å². The summed E-state index contributed by atoms with van der Waals surface area (Å²) in [6.07, 6.45) is 5.79. The van der Waals surface area contributed by atoms with E-state index in [2.05, 4.69) is 42.4 Å². The lowest BCUT2D eigenvalue weighted by atomic mass is 10.0. The highest BCUT2D eigenvalue weighted by molar-refractivity contribution is 5.65. The van der Waals surface area contributed by atoms with E-state index in [0.29, 0.717) is 0 Å². The number of aryl methyl sites for hydroxylation is 1. The monoisotopic (exact) mass is 209 g/mol. The van der Waals surface area contributed by atoms with Gasteiger partial charge in [-0.05, 0) is 42.9 Å². The van der Waals surface area contributed by atoms with Crippen LogP contribution in [0, 0.1) is 6.92 Å². The summed E-state index contributed by atoms with van der Waals surface area (Å²) in [5.74, 6) is 0. The molecule has 1 heterocycles. The summed E-state index contributed by atoms with van der Waals surface area (Å²) in [6, 6.07) is 10.5. The minimum atomic E-state index is 1.15. The fourth-order valence-corrected chi connectivity index (χ4v) is 2.61. The van der Waals surface area contributed by atoms with Gasteiger partial charge >= 0.3 is 0 Å². The first-order chi connectivity index (χ1) is 7.86. The zero-order chi connectivity index (χ0) is 11.0. The molecule has 0 atom stereocenters. The van der Waals surface area contributed by atoms with Crippen molar-refractivity contribution in [2.75, 3.05) is 0 Å². The van der Waals surface area contributed by atoms with Crippen molar-refractivity contribution in [3.8, 4) is 11.3 Å². The van der Waals surface area contributed by atoms with Gasteiger partial charge in [0.05, 0.1) is 5.69 Å². The Kier molecular flexibility index (Phi) is 2.24. The number of aromatic nitrogens is 1. The fourth-order valence-electron chi connectivity index (χ4n) is 2.61. The van der Waals surface area contributed by atoms with Crippen LogP contribution in [0.4, 0.5) is 0 Å². The van der Waals surface area contributed by atoms with E-state index in [1.165, 1.54) is 41.5 Å². The summed E-state index contributed by atoms with van der Waals surface area (Å²) >= 11 is 0. The first-order valence-corrected chi connectivity index (χ1v) is 5.89. The van der Waals surface area contributed by atoms with Crippen LogP contribution in [-0.4, -0.2) is 4.98 Å². The predicted molar refractivity (Wildman–Crippen MR) is 66.4 cm³/mol. The van der Waals surface area contributed by atoms with Crippen molar-refractivity contribution in [3.05, 3.63) is 53.2 Å². The van der Waals surface area contributed by atoms with Crippen LogP contribution in [0.2, 0.25) is 0 Å². The largest absolute Gasteiger partial charge is 0.256 e. The minimum absolute atomic E-state index is 1.15. The molecule has 0 radical (unpaired) electrons. The number of pyridine rings is 1. The van der Waals surface area contributed by atoms with Crippen molar-refractivity contribution in [2.24, 2.45) is 0 Å². The zero-order valence-electron chi connectivity index (χ0n) is 9.53. The predicted octanol–water partition coefficient (Wildman–Crippen LogP) is 3.55. The SMILES string of the molecule is Cc1c(-c2ccccc2)ncc2c1CCC2. The molecule has 3 rings (SSSR count). The lowest BCUT2D eigenvalue weighted by Gasteiger charge is -2.09. The molecule has 0 aliphatic heterocycles. The van der Waals surface area contributed by atoms with E-state index in [9.17, 15) is 0 Å². The minimum Gasteiger partial charge on any atom is -0.256 e. The summed E-state index contributed by atoms with van der Waals surface area (Å²) < 4.78 is 0. The van der Waals surface area contributed by atoms with Crippen molar-refractivity contribution in [2.45, 2.75) is 26.2 Å². The van der Waals surface area contributed by atoms with Crippen LogP contribution in [0.15, 0.2) is 36.5 Å².